The molecule has 2 aromatic rings. The zero-order valence-electron chi connectivity index (χ0n) is 18.8. The Morgan fingerprint density at radius 3 is 2.32 bits per heavy atom. The summed E-state index contributed by atoms with van der Waals surface area (Å²) >= 11 is 12.4. The molecule has 0 radical (unpaired) electrons. The van der Waals surface area contributed by atoms with E-state index in [1.807, 2.05) is 58.0 Å². The van der Waals surface area contributed by atoms with Crippen molar-refractivity contribution in [3.8, 4) is 0 Å². The van der Waals surface area contributed by atoms with Gasteiger partial charge in [-0.1, -0.05) is 79.9 Å². The standard InChI is InChI=1S/C25H32Cl2N2O2/c1-5-23(25(31)28-15-17(2)3)29(16-20-11-12-21(26)14-22(20)27)24(30)13-10-19-8-6-18(4)7-9-19/h6-9,11-12,14,17,23H,5,10,13,15-16H2,1-4H3,(H,28,31)/t23-/m0/s1. The Bertz CT molecular complexity index is 882. The molecule has 1 atom stereocenters. The van der Waals surface area contributed by atoms with Crippen LogP contribution in [0.15, 0.2) is 42.5 Å². The number of halogens is 2. The molecule has 0 fully saturated rings. The third kappa shape index (κ3) is 7.86. The summed E-state index contributed by atoms with van der Waals surface area (Å²) in [5.41, 5.74) is 3.05. The number of hydrogen-bond donors (Lipinski definition) is 1. The van der Waals surface area contributed by atoms with Gasteiger partial charge in [0.05, 0.1) is 0 Å². The highest BCUT2D eigenvalue weighted by atomic mass is 35.5. The van der Waals surface area contributed by atoms with E-state index in [1.54, 1.807) is 17.0 Å². The van der Waals surface area contributed by atoms with Crippen molar-refractivity contribution in [3.05, 3.63) is 69.2 Å². The molecule has 0 aliphatic heterocycles. The van der Waals surface area contributed by atoms with Crippen LogP contribution in [0.2, 0.25) is 10.0 Å². The van der Waals surface area contributed by atoms with Crippen LogP contribution in [-0.4, -0.2) is 29.3 Å². The van der Waals surface area contributed by atoms with Gasteiger partial charge in [-0.3, -0.25) is 9.59 Å². The van der Waals surface area contributed by atoms with Gasteiger partial charge in [0.15, 0.2) is 0 Å². The first-order valence-corrected chi connectivity index (χ1v) is 11.5. The smallest absolute Gasteiger partial charge is 0.242 e. The van der Waals surface area contributed by atoms with Gasteiger partial charge in [0.2, 0.25) is 11.8 Å². The second kappa shape index (κ2) is 12.1. The number of nitrogens with one attached hydrogen (secondary N) is 1. The molecule has 0 saturated carbocycles. The first-order chi connectivity index (χ1) is 14.7. The lowest BCUT2D eigenvalue weighted by atomic mass is 10.0. The van der Waals surface area contributed by atoms with Gasteiger partial charge in [-0.05, 0) is 48.9 Å². The number of nitrogens with zero attached hydrogens (tertiary/aromatic N) is 1. The minimum Gasteiger partial charge on any atom is -0.354 e. The Hall–Kier alpha value is -2.04. The molecule has 0 aliphatic rings. The van der Waals surface area contributed by atoms with Crippen molar-refractivity contribution in [2.45, 2.75) is 59.5 Å². The zero-order chi connectivity index (χ0) is 23.0. The predicted octanol–water partition coefficient (Wildman–Crippen LogP) is 5.81. The highest BCUT2D eigenvalue weighted by Crippen LogP contribution is 2.24. The number of amides is 2. The van der Waals surface area contributed by atoms with Crippen LogP contribution in [0.5, 0.6) is 0 Å². The van der Waals surface area contributed by atoms with E-state index in [0.717, 1.165) is 11.1 Å². The summed E-state index contributed by atoms with van der Waals surface area (Å²) < 4.78 is 0. The molecule has 2 amide bonds. The number of rotatable bonds is 10. The maximum absolute atomic E-state index is 13.3. The van der Waals surface area contributed by atoms with Gasteiger partial charge in [-0.2, -0.15) is 0 Å². The molecule has 0 heterocycles. The fourth-order valence-corrected chi connectivity index (χ4v) is 3.79. The Labute approximate surface area is 195 Å². The molecule has 0 spiro atoms. The van der Waals surface area contributed by atoms with Crippen molar-refractivity contribution < 1.29 is 9.59 Å². The minimum atomic E-state index is -0.559. The molecule has 168 valence electrons. The average molecular weight is 463 g/mol. The Balaban J connectivity index is 2.22. The van der Waals surface area contributed by atoms with Crippen molar-refractivity contribution in [3.63, 3.8) is 0 Å². The highest BCUT2D eigenvalue weighted by molar-refractivity contribution is 6.35. The van der Waals surface area contributed by atoms with E-state index in [2.05, 4.69) is 5.32 Å². The van der Waals surface area contributed by atoms with Gasteiger partial charge >= 0.3 is 0 Å². The van der Waals surface area contributed by atoms with Gasteiger partial charge in [0.1, 0.15) is 6.04 Å². The topological polar surface area (TPSA) is 49.4 Å². The summed E-state index contributed by atoms with van der Waals surface area (Å²) in [7, 11) is 0. The van der Waals surface area contributed by atoms with Crippen LogP contribution < -0.4 is 5.32 Å². The first kappa shape index (κ1) is 25.2. The van der Waals surface area contributed by atoms with E-state index in [9.17, 15) is 9.59 Å². The summed E-state index contributed by atoms with van der Waals surface area (Å²) in [6, 6.07) is 12.8. The number of carbonyl (C=O) groups excluding carboxylic acids is 2. The lowest BCUT2D eigenvalue weighted by molar-refractivity contribution is -0.141. The summed E-state index contributed by atoms with van der Waals surface area (Å²) in [6.07, 6.45) is 1.46. The summed E-state index contributed by atoms with van der Waals surface area (Å²) in [5, 5.41) is 3.99. The van der Waals surface area contributed by atoms with Crippen molar-refractivity contribution in [2.24, 2.45) is 5.92 Å². The fraction of sp³-hybridized carbons (Fsp3) is 0.440. The Kier molecular flexibility index (Phi) is 9.86. The normalized spacial score (nSPS) is 12.0. The maximum atomic E-state index is 13.3. The van der Waals surface area contributed by atoms with Crippen LogP contribution in [-0.2, 0) is 22.6 Å². The molecule has 2 aromatic carbocycles. The lowest BCUT2D eigenvalue weighted by Crippen LogP contribution is -2.49. The van der Waals surface area contributed by atoms with Crippen molar-refractivity contribution in [1.82, 2.24) is 10.2 Å². The van der Waals surface area contributed by atoms with Crippen LogP contribution in [0, 0.1) is 12.8 Å². The van der Waals surface area contributed by atoms with Gasteiger partial charge in [-0.25, -0.2) is 0 Å². The molecule has 4 nitrogen and oxygen atoms in total. The quantitative estimate of drug-likeness (QED) is 0.483. The fourth-order valence-electron chi connectivity index (χ4n) is 3.33. The van der Waals surface area contributed by atoms with Crippen LogP contribution >= 0.6 is 23.2 Å². The summed E-state index contributed by atoms with van der Waals surface area (Å²) in [4.78, 5) is 27.8. The van der Waals surface area contributed by atoms with Crippen LogP contribution in [0.1, 0.15) is 50.3 Å². The maximum Gasteiger partial charge on any atom is 0.242 e. The Morgan fingerprint density at radius 2 is 1.74 bits per heavy atom. The molecule has 31 heavy (non-hydrogen) atoms. The van der Waals surface area contributed by atoms with Crippen LogP contribution in [0.25, 0.3) is 0 Å². The van der Waals surface area contributed by atoms with E-state index in [-0.39, 0.29) is 18.4 Å². The number of benzene rings is 2. The number of aryl methyl sites for hydroxylation is 2. The van der Waals surface area contributed by atoms with Gasteiger partial charge in [0, 0.05) is 29.6 Å². The van der Waals surface area contributed by atoms with Crippen molar-refractivity contribution >= 4 is 35.0 Å². The largest absolute Gasteiger partial charge is 0.354 e. The van der Waals surface area contributed by atoms with E-state index in [0.29, 0.717) is 41.8 Å². The second-order valence-electron chi connectivity index (χ2n) is 8.31. The second-order valence-corrected chi connectivity index (χ2v) is 9.15. The molecule has 2 rings (SSSR count). The third-order valence-corrected chi connectivity index (χ3v) is 5.76. The molecule has 0 unspecified atom stereocenters. The molecule has 0 saturated heterocycles. The van der Waals surface area contributed by atoms with Crippen molar-refractivity contribution in [1.29, 1.82) is 0 Å². The SMILES string of the molecule is CC[C@@H](C(=O)NCC(C)C)N(Cc1ccc(Cl)cc1Cl)C(=O)CCc1ccc(C)cc1. The lowest BCUT2D eigenvalue weighted by Gasteiger charge is -2.31. The van der Waals surface area contributed by atoms with E-state index in [1.165, 1.54) is 5.56 Å². The van der Waals surface area contributed by atoms with E-state index >= 15 is 0 Å². The molecule has 0 bridgehead atoms. The monoisotopic (exact) mass is 462 g/mol. The van der Waals surface area contributed by atoms with Crippen LogP contribution in [0.3, 0.4) is 0 Å². The van der Waals surface area contributed by atoms with Gasteiger partial charge in [0.25, 0.3) is 0 Å². The van der Waals surface area contributed by atoms with Crippen molar-refractivity contribution in [2.75, 3.05) is 6.54 Å². The Morgan fingerprint density at radius 1 is 1.06 bits per heavy atom. The number of hydrogen-bond acceptors (Lipinski definition) is 2. The minimum absolute atomic E-state index is 0.0712. The number of carbonyl (C=O) groups is 2. The van der Waals surface area contributed by atoms with Gasteiger partial charge < -0.3 is 10.2 Å². The highest BCUT2D eigenvalue weighted by Gasteiger charge is 2.29. The molecule has 1 N–H and O–H groups in total. The molecular formula is C25H32Cl2N2O2. The molecule has 0 aromatic heterocycles. The molecule has 6 heteroatoms. The third-order valence-electron chi connectivity index (χ3n) is 5.17. The predicted molar refractivity (Wildman–Crippen MR) is 128 cm³/mol. The average Bonchev–Trinajstić information content (AvgIpc) is 2.73. The summed E-state index contributed by atoms with van der Waals surface area (Å²) in [5.74, 6) is 0.126. The van der Waals surface area contributed by atoms with E-state index < -0.39 is 6.04 Å². The van der Waals surface area contributed by atoms with E-state index in [4.69, 9.17) is 23.2 Å². The zero-order valence-corrected chi connectivity index (χ0v) is 20.3. The molecule has 0 aliphatic carbocycles. The summed E-state index contributed by atoms with van der Waals surface area (Å²) in [6.45, 7) is 8.87. The molecular weight excluding hydrogens is 431 g/mol. The first-order valence-electron chi connectivity index (χ1n) is 10.8. The van der Waals surface area contributed by atoms with Gasteiger partial charge in [-0.15, -0.1) is 0 Å². The van der Waals surface area contributed by atoms with Crippen LogP contribution in [0.4, 0.5) is 0 Å².